The monoisotopic (exact) mass is 171 g/mol. The van der Waals surface area contributed by atoms with E-state index < -0.39 is 0 Å². The Kier molecular flexibility index (Phi) is 3.50. The van der Waals surface area contributed by atoms with E-state index in [1.807, 2.05) is 0 Å². The Balaban J connectivity index is 2.35. The predicted octanol–water partition coefficient (Wildman–Crippen LogP) is 0.0158. The van der Waals surface area contributed by atoms with Crippen molar-refractivity contribution >= 4 is 0 Å². The van der Waals surface area contributed by atoms with E-state index in [1.54, 1.807) is 0 Å². The van der Waals surface area contributed by atoms with Crippen LogP contribution in [-0.4, -0.2) is 42.7 Å². The molecule has 0 aromatic heterocycles. The molecule has 1 saturated heterocycles. The van der Waals surface area contributed by atoms with Gasteiger partial charge in [-0.3, -0.25) is 0 Å². The number of nitrogens with one attached hydrogen (secondary N) is 1. The molecule has 1 heterocycles. The SMILES string of the molecule is CCN1C[C@@H](N)[C@H](NC(C)C)C1. The van der Waals surface area contributed by atoms with E-state index in [0.717, 1.165) is 19.6 Å². The van der Waals surface area contributed by atoms with Crippen LogP contribution >= 0.6 is 0 Å². The summed E-state index contributed by atoms with van der Waals surface area (Å²) < 4.78 is 0. The van der Waals surface area contributed by atoms with Crippen molar-refractivity contribution in [2.45, 2.75) is 38.9 Å². The highest BCUT2D eigenvalue weighted by Gasteiger charge is 2.28. The first-order valence-corrected chi connectivity index (χ1v) is 4.87. The Bertz CT molecular complexity index is 136. The van der Waals surface area contributed by atoms with Crippen LogP contribution in [0.25, 0.3) is 0 Å². The first kappa shape index (κ1) is 9.96. The number of rotatable bonds is 3. The number of nitrogens with two attached hydrogens (primary N) is 1. The topological polar surface area (TPSA) is 41.3 Å². The van der Waals surface area contributed by atoms with Crippen molar-refractivity contribution in [3.05, 3.63) is 0 Å². The van der Waals surface area contributed by atoms with Gasteiger partial charge in [0.05, 0.1) is 0 Å². The molecule has 3 N–H and O–H groups in total. The minimum absolute atomic E-state index is 0.312. The smallest absolute Gasteiger partial charge is 0.0361 e. The summed E-state index contributed by atoms with van der Waals surface area (Å²) in [4.78, 5) is 2.39. The van der Waals surface area contributed by atoms with Crippen LogP contribution in [0.1, 0.15) is 20.8 Å². The van der Waals surface area contributed by atoms with Crippen LogP contribution in [0.5, 0.6) is 0 Å². The molecule has 0 spiro atoms. The van der Waals surface area contributed by atoms with Crippen molar-refractivity contribution < 1.29 is 0 Å². The maximum Gasteiger partial charge on any atom is 0.0361 e. The van der Waals surface area contributed by atoms with Crippen LogP contribution in [0.3, 0.4) is 0 Å². The largest absolute Gasteiger partial charge is 0.325 e. The molecule has 0 bridgehead atoms. The summed E-state index contributed by atoms with van der Waals surface area (Å²) in [5.41, 5.74) is 5.99. The Morgan fingerprint density at radius 1 is 1.50 bits per heavy atom. The van der Waals surface area contributed by atoms with Gasteiger partial charge in [-0.25, -0.2) is 0 Å². The number of hydrogen-bond donors (Lipinski definition) is 2. The van der Waals surface area contributed by atoms with Gasteiger partial charge in [-0.05, 0) is 6.54 Å². The molecule has 1 rings (SSSR count). The standard InChI is InChI=1S/C9H21N3/c1-4-12-5-8(10)9(6-12)11-7(2)3/h7-9,11H,4-6,10H2,1-3H3/t8-,9-/m1/s1. The fourth-order valence-corrected chi connectivity index (χ4v) is 1.78. The third kappa shape index (κ3) is 2.44. The lowest BCUT2D eigenvalue weighted by Gasteiger charge is -2.19. The fraction of sp³-hybridized carbons (Fsp3) is 1.00. The lowest BCUT2D eigenvalue weighted by Crippen LogP contribution is -2.46. The van der Waals surface area contributed by atoms with E-state index in [1.165, 1.54) is 0 Å². The minimum atomic E-state index is 0.312. The van der Waals surface area contributed by atoms with Crippen LogP contribution < -0.4 is 11.1 Å². The first-order chi connectivity index (χ1) is 5.63. The summed E-state index contributed by atoms with van der Waals surface area (Å²) >= 11 is 0. The number of likely N-dealkylation sites (tertiary alicyclic amines) is 1. The second-order valence-electron chi connectivity index (χ2n) is 3.94. The summed E-state index contributed by atoms with van der Waals surface area (Å²) in [6.45, 7) is 9.79. The number of nitrogens with zero attached hydrogens (tertiary/aromatic N) is 1. The van der Waals surface area contributed by atoms with Crippen molar-refractivity contribution in [3.8, 4) is 0 Å². The molecule has 0 aromatic carbocycles. The van der Waals surface area contributed by atoms with Crippen molar-refractivity contribution in [2.24, 2.45) is 5.73 Å². The highest BCUT2D eigenvalue weighted by Crippen LogP contribution is 2.07. The highest BCUT2D eigenvalue weighted by molar-refractivity contribution is 4.92. The van der Waals surface area contributed by atoms with E-state index in [0.29, 0.717) is 18.1 Å². The van der Waals surface area contributed by atoms with Gasteiger partial charge in [0.1, 0.15) is 0 Å². The predicted molar refractivity (Wildman–Crippen MR) is 52.1 cm³/mol. The Morgan fingerprint density at radius 2 is 2.17 bits per heavy atom. The van der Waals surface area contributed by atoms with Gasteiger partial charge in [-0.1, -0.05) is 20.8 Å². The molecule has 0 saturated carbocycles. The lowest BCUT2D eigenvalue weighted by molar-refractivity contribution is 0.341. The van der Waals surface area contributed by atoms with Crippen molar-refractivity contribution in [1.29, 1.82) is 0 Å². The molecule has 1 fully saturated rings. The molecular weight excluding hydrogens is 150 g/mol. The second kappa shape index (κ2) is 4.21. The molecule has 72 valence electrons. The summed E-state index contributed by atoms with van der Waals surface area (Å²) in [5, 5.41) is 3.49. The molecule has 12 heavy (non-hydrogen) atoms. The average molecular weight is 171 g/mol. The molecule has 0 aromatic rings. The molecular formula is C9H21N3. The maximum atomic E-state index is 5.99. The second-order valence-corrected chi connectivity index (χ2v) is 3.94. The summed E-state index contributed by atoms with van der Waals surface area (Å²) in [7, 11) is 0. The van der Waals surface area contributed by atoms with Gasteiger partial charge < -0.3 is 16.0 Å². The lowest BCUT2D eigenvalue weighted by atomic mass is 10.1. The van der Waals surface area contributed by atoms with Crippen LogP contribution in [0.15, 0.2) is 0 Å². The molecule has 1 aliphatic heterocycles. The summed E-state index contributed by atoms with van der Waals surface area (Å²) in [6, 6.07) is 1.34. The number of likely N-dealkylation sites (N-methyl/N-ethyl adjacent to an activating group) is 1. The highest BCUT2D eigenvalue weighted by atomic mass is 15.2. The maximum absolute atomic E-state index is 5.99. The van der Waals surface area contributed by atoms with Gasteiger partial charge in [0.2, 0.25) is 0 Å². The van der Waals surface area contributed by atoms with Gasteiger partial charge in [0.25, 0.3) is 0 Å². The molecule has 3 nitrogen and oxygen atoms in total. The third-order valence-electron chi connectivity index (χ3n) is 2.44. The van der Waals surface area contributed by atoms with Crippen molar-refractivity contribution in [2.75, 3.05) is 19.6 Å². The van der Waals surface area contributed by atoms with E-state index in [-0.39, 0.29) is 0 Å². The minimum Gasteiger partial charge on any atom is -0.325 e. The molecule has 2 atom stereocenters. The molecule has 0 aliphatic carbocycles. The zero-order valence-electron chi connectivity index (χ0n) is 8.38. The van der Waals surface area contributed by atoms with Crippen molar-refractivity contribution in [1.82, 2.24) is 10.2 Å². The Labute approximate surface area is 75.3 Å². The Morgan fingerprint density at radius 3 is 2.58 bits per heavy atom. The molecule has 0 unspecified atom stereocenters. The molecule has 0 radical (unpaired) electrons. The zero-order valence-corrected chi connectivity index (χ0v) is 8.38. The average Bonchev–Trinajstić information content (AvgIpc) is 2.31. The van der Waals surface area contributed by atoms with E-state index >= 15 is 0 Å². The van der Waals surface area contributed by atoms with Gasteiger partial charge >= 0.3 is 0 Å². The fourth-order valence-electron chi connectivity index (χ4n) is 1.78. The van der Waals surface area contributed by atoms with Crippen LogP contribution in [0.4, 0.5) is 0 Å². The molecule has 0 amide bonds. The van der Waals surface area contributed by atoms with Crippen LogP contribution in [0.2, 0.25) is 0 Å². The van der Waals surface area contributed by atoms with E-state index in [4.69, 9.17) is 5.73 Å². The summed E-state index contributed by atoms with van der Waals surface area (Å²) in [5.74, 6) is 0. The third-order valence-corrected chi connectivity index (χ3v) is 2.44. The van der Waals surface area contributed by atoms with Gasteiger partial charge in [0.15, 0.2) is 0 Å². The van der Waals surface area contributed by atoms with Gasteiger partial charge in [0, 0.05) is 31.2 Å². The van der Waals surface area contributed by atoms with E-state index in [9.17, 15) is 0 Å². The zero-order chi connectivity index (χ0) is 9.14. The number of hydrogen-bond acceptors (Lipinski definition) is 3. The quantitative estimate of drug-likeness (QED) is 0.629. The van der Waals surface area contributed by atoms with Crippen molar-refractivity contribution in [3.63, 3.8) is 0 Å². The van der Waals surface area contributed by atoms with Gasteiger partial charge in [-0.2, -0.15) is 0 Å². The molecule has 3 heteroatoms. The van der Waals surface area contributed by atoms with E-state index in [2.05, 4.69) is 31.0 Å². The Hall–Kier alpha value is -0.120. The van der Waals surface area contributed by atoms with Gasteiger partial charge in [-0.15, -0.1) is 0 Å². The first-order valence-electron chi connectivity index (χ1n) is 4.87. The normalized spacial score (nSPS) is 31.8. The van der Waals surface area contributed by atoms with Crippen LogP contribution in [-0.2, 0) is 0 Å². The molecule has 1 aliphatic rings. The van der Waals surface area contributed by atoms with Crippen LogP contribution in [0, 0.1) is 0 Å². The summed E-state index contributed by atoms with van der Waals surface area (Å²) in [6.07, 6.45) is 0.